The summed E-state index contributed by atoms with van der Waals surface area (Å²) in [5.41, 5.74) is 3.22. The monoisotopic (exact) mass is 472 g/mol. The standard InChI is InChI=1S/C22H28N6O4S/c1-12-20(13(2)32-26-12)33(30,31)28-9-5-6-15(11-28)19-18-16(22(29)23-3)10-17(14-7-8-14)24-21(18)27(4)25-19/h10,14-15H,5-9,11H2,1-4H3,(H-,23,29,30,31). The average Bonchev–Trinajstić information content (AvgIpc) is 3.52. The summed E-state index contributed by atoms with van der Waals surface area (Å²) in [5, 5.41) is 12.0. The van der Waals surface area contributed by atoms with Crippen molar-refractivity contribution in [2.75, 3.05) is 20.1 Å². The molecule has 1 amide bonds. The highest BCUT2D eigenvalue weighted by Gasteiger charge is 2.41. The Morgan fingerprint density at radius 3 is 2.67 bits per heavy atom. The number of pyridine rings is 1. The highest BCUT2D eigenvalue weighted by molar-refractivity contribution is 7.95. The fourth-order valence-corrected chi connectivity index (χ4v) is 6.66. The van der Waals surface area contributed by atoms with Crippen LogP contribution in [0.15, 0.2) is 15.5 Å². The number of nitrogens with one attached hydrogen (secondary N) is 1. The summed E-state index contributed by atoms with van der Waals surface area (Å²) in [7, 11) is -0.326. The van der Waals surface area contributed by atoms with Gasteiger partial charge < -0.3 is 14.4 Å². The third kappa shape index (κ3) is 3.68. The summed E-state index contributed by atoms with van der Waals surface area (Å²) >= 11 is 0. The van der Waals surface area contributed by atoms with E-state index in [4.69, 9.17) is 14.6 Å². The zero-order valence-corrected chi connectivity index (χ0v) is 20.1. The van der Waals surface area contributed by atoms with E-state index >= 15 is 0 Å². The second kappa shape index (κ2) is 8.00. The van der Waals surface area contributed by atoms with E-state index in [0.29, 0.717) is 41.2 Å². The van der Waals surface area contributed by atoms with Gasteiger partial charge >= 0.3 is 0 Å². The molecule has 0 aromatic carbocycles. The summed E-state index contributed by atoms with van der Waals surface area (Å²) in [4.78, 5) is 17.8. The van der Waals surface area contributed by atoms with Crippen LogP contribution in [-0.4, -0.2) is 54.8 Å². The lowest BCUT2D eigenvalue weighted by atomic mass is 9.92. The predicted molar refractivity (Wildman–Crippen MR) is 120 cm³/mol. The Labute approximate surface area is 193 Å². The van der Waals surface area contributed by atoms with E-state index in [0.717, 1.165) is 30.7 Å². The summed E-state index contributed by atoms with van der Waals surface area (Å²) < 4.78 is 35.1. The van der Waals surface area contributed by atoms with E-state index in [2.05, 4.69) is 10.5 Å². The van der Waals surface area contributed by atoms with Crippen LogP contribution in [0.3, 0.4) is 0 Å². The summed E-state index contributed by atoms with van der Waals surface area (Å²) in [6, 6.07) is 1.88. The van der Waals surface area contributed by atoms with Crippen molar-refractivity contribution < 1.29 is 18.1 Å². The van der Waals surface area contributed by atoms with Crippen molar-refractivity contribution in [1.29, 1.82) is 0 Å². The molecule has 1 aliphatic carbocycles. The van der Waals surface area contributed by atoms with Crippen molar-refractivity contribution in [3.8, 4) is 0 Å². The van der Waals surface area contributed by atoms with Gasteiger partial charge in [0.1, 0.15) is 5.69 Å². The number of piperidine rings is 1. The number of fused-ring (bicyclic) bond motifs is 1. The van der Waals surface area contributed by atoms with E-state index < -0.39 is 10.4 Å². The van der Waals surface area contributed by atoms with Crippen molar-refractivity contribution >= 4 is 27.3 Å². The second-order valence-electron chi connectivity index (χ2n) is 9.01. The molecule has 10 nitrogen and oxygen atoms in total. The molecular formula is C22H28N6O4S. The van der Waals surface area contributed by atoms with Gasteiger partial charge in [0, 0.05) is 45.1 Å². The third-order valence-corrected chi connectivity index (χ3v) is 8.75. The maximum atomic E-state index is 13.4. The van der Waals surface area contributed by atoms with E-state index in [9.17, 15) is 13.6 Å². The lowest BCUT2D eigenvalue weighted by Gasteiger charge is -2.33. The normalized spacial score (nSPS) is 21.3. The van der Waals surface area contributed by atoms with Crippen LogP contribution in [0.2, 0.25) is 0 Å². The van der Waals surface area contributed by atoms with Crippen LogP contribution >= 0.6 is 0 Å². The highest BCUT2D eigenvalue weighted by atomic mass is 32.3. The molecule has 3 aromatic heterocycles. The van der Waals surface area contributed by atoms with Crippen LogP contribution < -0.4 is 5.32 Å². The van der Waals surface area contributed by atoms with Crippen LogP contribution in [0, 0.1) is 13.8 Å². The lowest BCUT2D eigenvalue weighted by molar-refractivity contribution is 0.0964. The first-order chi connectivity index (χ1) is 15.7. The first kappa shape index (κ1) is 22.2. The van der Waals surface area contributed by atoms with Crippen molar-refractivity contribution in [1.82, 2.24) is 29.5 Å². The first-order valence-electron chi connectivity index (χ1n) is 11.2. The van der Waals surface area contributed by atoms with Gasteiger partial charge in [0.15, 0.2) is 21.8 Å². The van der Waals surface area contributed by atoms with E-state index in [-0.39, 0.29) is 29.0 Å². The average molecular weight is 473 g/mol. The molecule has 2 fully saturated rings. The summed E-state index contributed by atoms with van der Waals surface area (Å²) in [6.45, 7) is 3.94. The topological polar surface area (TPSA) is 129 Å². The van der Waals surface area contributed by atoms with Gasteiger partial charge in [0.2, 0.25) is 4.90 Å². The zero-order valence-electron chi connectivity index (χ0n) is 19.3. The Bertz CT molecular complexity index is 1270. The number of aromatic nitrogens is 4. The third-order valence-electron chi connectivity index (χ3n) is 6.64. The first-order valence-corrected chi connectivity index (χ1v) is 12.7. The van der Waals surface area contributed by atoms with Crippen LogP contribution in [0.4, 0.5) is 0 Å². The van der Waals surface area contributed by atoms with Gasteiger partial charge in [-0.3, -0.25) is 9.48 Å². The lowest BCUT2D eigenvalue weighted by Crippen LogP contribution is -2.43. The number of aryl methyl sites for hydroxylation is 3. The van der Waals surface area contributed by atoms with Gasteiger partial charge in [0.25, 0.3) is 5.91 Å². The zero-order chi connectivity index (χ0) is 23.5. The second-order valence-corrected chi connectivity index (χ2v) is 10.9. The van der Waals surface area contributed by atoms with Crippen molar-refractivity contribution in [2.45, 2.75) is 56.3 Å². The smallest absolute Gasteiger partial charge is 0.251 e. The van der Waals surface area contributed by atoms with Gasteiger partial charge in [0.05, 0.1) is 23.2 Å². The van der Waals surface area contributed by atoms with Crippen molar-refractivity contribution in [3.05, 3.63) is 34.5 Å². The number of nitrogens with zero attached hydrogens (tertiary/aromatic N) is 5. The number of amides is 1. The maximum Gasteiger partial charge on any atom is 0.251 e. The number of carbonyl (C=O) groups is 1. The minimum Gasteiger partial charge on any atom is -0.593 e. The SMILES string of the molecule is CNC(=O)c1cc(C2CC2)nc2c1c(C1CCCN([S+](=O)([O-])c3c(C)noc3C)C1)nn2C. The van der Waals surface area contributed by atoms with Crippen molar-refractivity contribution in [3.63, 3.8) is 0 Å². The number of hydrogen-bond donors (Lipinski definition) is 1. The number of sulfonamides is 1. The molecule has 1 saturated heterocycles. The maximum absolute atomic E-state index is 13.4. The molecule has 0 spiro atoms. The molecule has 1 N–H and O–H groups in total. The minimum atomic E-state index is -3.76. The fraction of sp³-hybridized carbons (Fsp3) is 0.545. The molecule has 1 saturated carbocycles. The molecule has 2 atom stereocenters. The summed E-state index contributed by atoms with van der Waals surface area (Å²) in [5.74, 6) is 0.336. The van der Waals surface area contributed by atoms with E-state index in [1.165, 1.54) is 4.31 Å². The molecule has 0 bridgehead atoms. The Balaban J connectivity index is 1.56. The molecule has 33 heavy (non-hydrogen) atoms. The number of rotatable bonds is 5. The van der Waals surface area contributed by atoms with Crippen LogP contribution in [-0.2, 0) is 21.7 Å². The summed E-state index contributed by atoms with van der Waals surface area (Å²) in [6.07, 6.45) is 3.62. The molecule has 5 rings (SSSR count). The van der Waals surface area contributed by atoms with Crippen LogP contribution in [0.25, 0.3) is 11.0 Å². The Hall–Kier alpha value is -2.63. The minimum absolute atomic E-state index is 0.135. The molecule has 0 radical (unpaired) electrons. The molecule has 1 aliphatic heterocycles. The fourth-order valence-electron chi connectivity index (χ4n) is 4.84. The van der Waals surface area contributed by atoms with Gasteiger partial charge in [-0.25, -0.2) is 4.98 Å². The molecule has 3 aromatic rings. The van der Waals surface area contributed by atoms with Gasteiger partial charge in [-0.2, -0.15) is 5.10 Å². The number of hydrogen-bond acceptors (Lipinski definition) is 7. The number of carbonyl (C=O) groups excluding carboxylic acids is 1. The molecule has 4 heterocycles. The van der Waals surface area contributed by atoms with E-state index in [1.54, 1.807) is 25.6 Å². The molecular weight excluding hydrogens is 444 g/mol. The van der Waals surface area contributed by atoms with Gasteiger partial charge in [-0.15, -0.1) is 4.31 Å². The van der Waals surface area contributed by atoms with Gasteiger partial charge in [-0.1, -0.05) is 9.37 Å². The highest BCUT2D eigenvalue weighted by Crippen LogP contribution is 2.42. The molecule has 2 aliphatic rings. The predicted octanol–water partition coefficient (Wildman–Crippen LogP) is 2.59. The molecule has 176 valence electrons. The van der Waals surface area contributed by atoms with Crippen molar-refractivity contribution in [2.24, 2.45) is 7.05 Å². The van der Waals surface area contributed by atoms with Gasteiger partial charge in [-0.05, 0) is 38.7 Å². The quantitative estimate of drug-likeness (QED) is 0.565. The van der Waals surface area contributed by atoms with Crippen LogP contribution in [0.5, 0.6) is 0 Å². The van der Waals surface area contributed by atoms with Crippen LogP contribution in [0.1, 0.15) is 70.7 Å². The largest absolute Gasteiger partial charge is 0.593 e. The molecule has 11 heteroatoms. The molecule has 2 unspecified atom stereocenters. The Morgan fingerprint density at radius 2 is 2.03 bits per heavy atom. The van der Waals surface area contributed by atoms with E-state index in [1.807, 2.05) is 13.1 Å². The Kier molecular flexibility index (Phi) is 5.37. The Morgan fingerprint density at radius 1 is 1.27 bits per heavy atom.